The summed E-state index contributed by atoms with van der Waals surface area (Å²) in [7, 11) is 0. The van der Waals surface area contributed by atoms with Crippen LogP contribution >= 0.6 is 11.6 Å². The molecule has 1 amide bonds. The van der Waals surface area contributed by atoms with E-state index >= 15 is 0 Å². The number of rotatable bonds is 6. The lowest BCUT2D eigenvalue weighted by molar-refractivity contribution is 0.102. The Morgan fingerprint density at radius 2 is 1.90 bits per heavy atom. The third kappa shape index (κ3) is 4.87. The average molecular weight is 430 g/mol. The summed E-state index contributed by atoms with van der Waals surface area (Å²) in [5.74, 6) is 0.524. The van der Waals surface area contributed by atoms with Crippen molar-refractivity contribution < 1.29 is 4.79 Å². The number of alkyl halides is 1. The van der Waals surface area contributed by atoms with Crippen LogP contribution < -0.4 is 10.6 Å². The Morgan fingerprint density at radius 1 is 1.03 bits per heavy atom. The second kappa shape index (κ2) is 9.36. The largest absolute Gasteiger partial charge is 0.324 e. The van der Waals surface area contributed by atoms with Gasteiger partial charge in [-0.1, -0.05) is 24.3 Å². The first-order chi connectivity index (χ1) is 15.1. The highest BCUT2D eigenvalue weighted by atomic mass is 35.5. The van der Waals surface area contributed by atoms with E-state index in [1.807, 2.05) is 61.5 Å². The first kappa shape index (κ1) is 20.5. The molecule has 7 heteroatoms. The SMILES string of the molecule is Cc1ccc(NC(=O)c2ccccc2CCl)cc1Nc1nccc(-c2cccnc2)n1. The van der Waals surface area contributed by atoms with Crippen molar-refractivity contribution in [3.8, 4) is 11.3 Å². The molecule has 154 valence electrons. The summed E-state index contributed by atoms with van der Waals surface area (Å²) in [6.07, 6.45) is 5.17. The van der Waals surface area contributed by atoms with Crippen LogP contribution in [-0.2, 0) is 5.88 Å². The molecule has 6 nitrogen and oxygen atoms in total. The fourth-order valence-corrected chi connectivity index (χ4v) is 3.34. The maximum absolute atomic E-state index is 12.7. The van der Waals surface area contributed by atoms with Crippen molar-refractivity contribution in [3.63, 3.8) is 0 Å². The maximum atomic E-state index is 12.7. The molecule has 0 aliphatic heterocycles. The van der Waals surface area contributed by atoms with E-state index in [4.69, 9.17) is 11.6 Å². The molecule has 0 fully saturated rings. The van der Waals surface area contributed by atoms with Crippen LogP contribution in [0.5, 0.6) is 0 Å². The molecule has 2 aromatic carbocycles. The molecule has 4 rings (SSSR count). The summed E-state index contributed by atoms with van der Waals surface area (Å²) in [5.41, 5.74) is 5.47. The van der Waals surface area contributed by atoms with Crippen LogP contribution in [0.1, 0.15) is 21.5 Å². The van der Waals surface area contributed by atoms with Crippen molar-refractivity contribution in [1.82, 2.24) is 15.0 Å². The van der Waals surface area contributed by atoms with Crippen LogP contribution in [0.3, 0.4) is 0 Å². The number of aromatic nitrogens is 3. The van der Waals surface area contributed by atoms with Crippen LogP contribution in [0.2, 0.25) is 0 Å². The lowest BCUT2D eigenvalue weighted by Gasteiger charge is -2.13. The predicted molar refractivity (Wildman–Crippen MR) is 124 cm³/mol. The van der Waals surface area contributed by atoms with E-state index in [1.54, 1.807) is 24.7 Å². The van der Waals surface area contributed by atoms with Gasteiger partial charge in [-0.3, -0.25) is 9.78 Å². The molecule has 0 saturated carbocycles. The molecule has 0 aliphatic rings. The molecule has 0 aliphatic carbocycles. The molecule has 2 aromatic heterocycles. The molecule has 31 heavy (non-hydrogen) atoms. The van der Waals surface area contributed by atoms with E-state index in [1.165, 1.54) is 0 Å². The molecular formula is C24H20ClN5O. The quantitative estimate of drug-likeness (QED) is 0.391. The summed E-state index contributed by atoms with van der Waals surface area (Å²) in [6, 6.07) is 18.6. The number of nitrogens with one attached hydrogen (secondary N) is 2. The molecule has 0 spiro atoms. The Hall–Kier alpha value is -3.77. The Balaban J connectivity index is 1.56. The number of aryl methyl sites for hydroxylation is 1. The normalized spacial score (nSPS) is 10.5. The van der Waals surface area contributed by atoms with Crippen LogP contribution in [-0.4, -0.2) is 20.9 Å². The van der Waals surface area contributed by atoms with E-state index in [2.05, 4.69) is 25.6 Å². The molecule has 2 N–H and O–H groups in total. The number of hydrogen-bond acceptors (Lipinski definition) is 5. The number of hydrogen-bond donors (Lipinski definition) is 2. The molecule has 4 aromatic rings. The Kier molecular flexibility index (Phi) is 6.19. The fraction of sp³-hybridized carbons (Fsp3) is 0.0833. The highest BCUT2D eigenvalue weighted by molar-refractivity contribution is 6.18. The van der Waals surface area contributed by atoms with Crippen molar-refractivity contribution in [1.29, 1.82) is 0 Å². The smallest absolute Gasteiger partial charge is 0.255 e. The van der Waals surface area contributed by atoms with Gasteiger partial charge >= 0.3 is 0 Å². The van der Waals surface area contributed by atoms with Gasteiger partial charge < -0.3 is 10.6 Å². The summed E-state index contributed by atoms with van der Waals surface area (Å²) < 4.78 is 0. The van der Waals surface area contributed by atoms with E-state index in [-0.39, 0.29) is 11.8 Å². The Labute approximate surface area is 185 Å². The first-order valence-electron chi connectivity index (χ1n) is 9.70. The minimum atomic E-state index is -0.208. The molecule has 2 heterocycles. The summed E-state index contributed by atoms with van der Waals surface area (Å²) >= 11 is 5.96. The predicted octanol–water partition coefficient (Wildman–Crippen LogP) is 5.58. The minimum absolute atomic E-state index is 0.208. The highest BCUT2D eigenvalue weighted by Crippen LogP contribution is 2.25. The van der Waals surface area contributed by atoms with Crippen LogP contribution in [0, 0.1) is 6.92 Å². The third-order valence-corrected chi connectivity index (χ3v) is 5.05. The van der Waals surface area contributed by atoms with Crippen LogP contribution in [0.15, 0.2) is 79.3 Å². The second-order valence-electron chi connectivity index (χ2n) is 6.91. The molecule has 0 atom stereocenters. The lowest BCUT2D eigenvalue weighted by atomic mass is 10.1. The van der Waals surface area contributed by atoms with Gasteiger partial charge in [-0.15, -0.1) is 11.6 Å². The van der Waals surface area contributed by atoms with Gasteiger partial charge in [0, 0.05) is 47.0 Å². The van der Waals surface area contributed by atoms with Crippen molar-refractivity contribution >= 4 is 34.8 Å². The van der Waals surface area contributed by atoms with Crippen LogP contribution in [0.25, 0.3) is 11.3 Å². The van der Waals surface area contributed by atoms with E-state index in [9.17, 15) is 4.79 Å². The number of anilines is 3. The summed E-state index contributed by atoms with van der Waals surface area (Å²) in [4.78, 5) is 25.8. The van der Waals surface area contributed by atoms with Gasteiger partial charge in [0.15, 0.2) is 0 Å². The molecule has 0 saturated heterocycles. The molecule has 0 radical (unpaired) electrons. The number of halogens is 1. The second-order valence-corrected chi connectivity index (χ2v) is 7.17. The highest BCUT2D eigenvalue weighted by Gasteiger charge is 2.12. The monoisotopic (exact) mass is 429 g/mol. The number of amides is 1. The molecule has 0 bridgehead atoms. The van der Waals surface area contributed by atoms with Crippen molar-refractivity contribution in [2.24, 2.45) is 0 Å². The van der Waals surface area contributed by atoms with Crippen molar-refractivity contribution in [2.75, 3.05) is 10.6 Å². The molecule has 0 unspecified atom stereocenters. The van der Waals surface area contributed by atoms with Gasteiger partial charge in [0.05, 0.1) is 5.69 Å². The van der Waals surface area contributed by atoms with Gasteiger partial charge in [0.2, 0.25) is 5.95 Å². The third-order valence-electron chi connectivity index (χ3n) is 4.76. The zero-order valence-electron chi connectivity index (χ0n) is 16.8. The number of pyridine rings is 1. The standard InChI is InChI=1S/C24H20ClN5O/c1-16-8-9-19(28-23(31)20-7-3-2-5-17(20)14-25)13-22(16)30-24-27-12-10-21(29-24)18-6-4-11-26-15-18/h2-13,15H,14H2,1H3,(H,28,31)(H,27,29,30). The van der Waals surface area contributed by atoms with Crippen molar-refractivity contribution in [3.05, 3.63) is 95.9 Å². The number of benzene rings is 2. The Morgan fingerprint density at radius 3 is 2.71 bits per heavy atom. The zero-order chi connectivity index (χ0) is 21.6. The number of nitrogens with zero attached hydrogens (tertiary/aromatic N) is 3. The van der Waals surface area contributed by atoms with Gasteiger partial charge in [0.1, 0.15) is 0 Å². The minimum Gasteiger partial charge on any atom is -0.324 e. The number of carbonyl (C=O) groups is 1. The van der Waals surface area contributed by atoms with E-state index in [0.717, 1.165) is 28.1 Å². The van der Waals surface area contributed by atoms with Crippen molar-refractivity contribution in [2.45, 2.75) is 12.8 Å². The van der Waals surface area contributed by atoms with Crippen LogP contribution in [0.4, 0.5) is 17.3 Å². The Bertz CT molecular complexity index is 1210. The zero-order valence-corrected chi connectivity index (χ0v) is 17.6. The topological polar surface area (TPSA) is 79.8 Å². The van der Waals surface area contributed by atoms with Gasteiger partial charge in [0.25, 0.3) is 5.91 Å². The number of carbonyl (C=O) groups excluding carboxylic acids is 1. The fourth-order valence-electron chi connectivity index (χ4n) is 3.11. The summed E-state index contributed by atoms with van der Waals surface area (Å²) in [6.45, 7) is 1.97. The van der Waals surface area contributed by atoms with Gasteiger partial charge in [-0.25, -0.2) is 9.97 Å². The van der Waals surface area contributed by atoms with E-state index < -0.39 is 0 Å². The summed E-state index contributed by atoms with van der Waals surface area (Å²) in [5, 5.41) is 6.18. The first-order valence-corrected chi connectivity index (χ1v) is 10.2. The average Bonchev–Trinajstić information content (AvgIpc) is 2.82. The lowest BCUT2D eigenvalue weighted by Crippen LogP contribution is -2.14. The molecular weight excluding hydrogens is 410 g/mol. The maximum Gasteiger partial charge on any atom is 0.255 e. The van der Waals surface area contributed by atoms with E-state index in [0.29, 0.717) is 17.2 Å². The van der Waals surface area contributed by atoms with Gasteiger partial charge in [-0.05, 0) is 54.4 Å². The van der Waals surface area contributed by atoms with Gasteiger partial charge in [-0.2, -0.15) is 0 Å².